The number of pyridine rings is 1. The van der Waals surface area contributed by atoms with Crippen LogP contribution < -0.4 is 5.32 Å². The van der Waals surface area contributed by atoms with Crippen LogP contribution in [-0.2, 0) is 12.6 Å². The lowest BCUT2D eigenvalue weighted by molar-refractivity contribution is -0.137. The normalized spacial score (nSPS) is 14.6. The molecule has 0 saturated heterocycles. The van der Waals surface area contributed by atoms with E-state index in [-0.39, 0.29) is 13.5 Å². The summed E-state index contributed by atoms with van der Waals surface area (Å²) in [4.78, 5) is 9.63. The van der Waals surface area contributed by atoms with Crippen LogP contribution in [-0.4, -0.2) is 52.1 Å². The Labute approximate surface area is 211 Å². The van der Waals surface area contributed by atoms with Gasteiger partial charge >= 0.3 is 6.18 Å². The number of aliphatic imine (C=N–C) groups is 1. The van der Waals surface area contributed by atoms with E-state index in [4.69, 9.17) is 10.8 Å². The van der Waals surface area contributed by atoms with Crippen molar-refractivity contribution in [2.24, 2.45) is 4.99 Å². The zero-order chi connectivity index (χ0) is 26.7. The molecule has 1 aliphatic rings. The first-order valence-electron chi connectivity index (χ1n) is 11.8. The molecule has 36 heavy (non-hydrogen) atoms. The highest BCUT2D eigenvalue weighted by Crippen LogP contribution is 2.29. The first-order chi connectivity index (χ1) is 17.2. The Morgan fingerprint density at radius 2 is 2.03 bits per heavy atom. The van der Waals surface area contributed by atoms with Crippen LogP contribution in [0.2, 0.25) is 0 Å². The minimum absolute atomic E-state index is 0. The van der Waals surface area contributed by atoms with Crippen molar-refractivity contribution in [2.75, 3.05) is 11.9 Å². The van der Waals surface area contributed by atoms with Gasteiger partial charge in [-0.15, -0.1) is 0 Å². The van der Waals surface area contributed by atoms with E-state index in [0.717, 1.165) is 25.1 Å². The standard InChI is InChI=1S/C24H27F3N6O.C2H6.H2/c1-2-31-22(9-6-16-10-18(13-30-12-16)24(25,26)27)23(34)32-19-5-3-4-17(11-19)21(29)14-33(15-28)20-7-8-20;1-2;/h2-5,9-13,15,20,23,28-29,32,34H,6-8,14H2,1H3;1-2H3;1H/b22-9-,28-15?,29-21?,31-2?;;. The highest BCUT2D eigenvalue weighted by atomic mass is 19.4. The largest absolute Gasteiger partial charge is 0.417 e. The molecule has 0 radical (unpaired) electrons. The zero-order valence-corrected chi connectivity index (χ0v) is 20.7. The second-order valence-electron chi connectivity index (χ2n) is 7.94. The number of rotatable bonds is 11. The number of aliphatic hydroxyl groups excluding tert-OH is 1. The summed E-state index contributed by atoms with van der Waals surface area (Å²) in [5.41, 5.74) is 1.31. The number of allylic oxidation sites excluding steroid dienone is 1. The van der Waals surface area contributed by atoms with Gasteiger partial charge in [-0.3, -0.25) is 15.4 Å². The Morgan fingerprint density at radius 3 is 2.64 bits per heavy atom. The lowest BCUT2D eigenvalue weighted by Crippen LogP contribution is -2.30. The summed E-state index contributed by atoms with van der Waals surface area (Å²) in [5.74, 6) is 0. The molecule has 2 aromatic rings. The first-order valence-corrected chi connectivity index (χ1v) is 11.8. The van der Waals surface area contributed by atoms with Gasteiger partial charge in [0, 0.05) is 31.8 Å². The molecule has 1 heterocycles. The van der Waals surface area contributed by atoms with Crippen LogP contribution in [0, 0.1) is 10.8 Å². The van der Waals surface area contributed by atoms with Crippen molar-refractivity contribution >= 4 is 24.0 Å². The van der Waals surface area contributed by atoms with Crippen LogP contribution in [0.1, 0.15) is 51.7 Å². The Bertz CT molecular complexity index is 1090. The molecule has 0 bridgehead atoms. The van der Waals surface area contributed by atoms with Gasteiger partial charge in [-0.2, -0.15) is 13.2 Å². The number of anilines is 1. The van der Waals surface area contributed by atoms with E-state index >= 15 is 0 Å². The molecule has 1 aromatic heterocycles. The molecule has 3 rings (SSSR count). The molecule has 1 saturated carbocycles. The highest BCUT2D eigenvalue weighted by molar-refractivity contribution is 6.01. The molecular formula is C26H35F3N6O. The van der Waals surface area contributed by atoms with Crippen LogP contribution in [0.4, 0.5) is 18.9 Å². The van der Waals surface area contributed by atoms with Gasteiger partial charge < -0.3 is 20.7 Å². The van der Waals surface area contributed by atoms with Crippen molar-refractivity contribution in [3.05, 3.63) is 71.2 Å². The fraction of sp³-hybridized carbons (Fsp3) is 0.385. The maximum atomic E-state index is 12.9. The number of aromatic nitrogens is 1. The van der Waals surface area contributed by atoms with Crippen LogP contribution in [0.5, 0.6) is 0 Å². The van der Waals surface area contributed by atoms with Crippen LogP contribution in [0.25, 0.3) is 0 Å². The van der Waals surface area contributed by atoms with Crippen LogP contribution in [0.15, 0.2) is 59.5 Å². The Kier molecular flexibility index (Phi) is 10.8. The summed E-state index contributed by atoms with van der Waals surface area (Å²) in [5, 5.41) is 29.5. The van der Waals surface area contributed by atoms with Crippen LogP contribution >= 0.6 is 0 Å². The maximum Gasteiger partial charge on any atom is 0.417 e. The number of alkyl halides is 3. The van der Waals surface area contributed by atoms with Crippen molar-refractivity contribution in [3.8, 4) is 0 Å². The lowest BCUT2D eigenvalue weighted by atomic mass is 10.1. The third kappa shape index (κ3) is 8.60. The number of benzene rings is 1. The fourth-order valence-electron chi connectivity index (χ4n) is 3.35. The molecule has 10 heteroatoms. The van der Waals surface area contributed by atoms with Crippen molar-refractivity contribution in [2.45, 2.75) is 58.5 Å². The number of nitrogens with zero attached hydrogens (tertiary/aromatic N) is 3. The zero-order valence-electron chi connectivity index (χ0n) is 20.7. The molecule has 1 unspecified atom stereocenters. The van der Waals surface area contributed by atoms with Gasteiger partial charge in [-0.05, 0) is 55.5 Å². The average molecular weight is 505 g/mol. The summed E-state index contributed by atoms with van der Waals surface area (Å²) in [7, 11) is 0. The van der Waals surface area contributed by atoms with E-state index in [2.05, 4.69) is 15.3 Å². The maximum absolute atomic E-state index is 12.9. The van der Waals surface area contributed by atoms with Crippen molar-refractivity contribution < 1.29 is 19.7 Å². The molecule has 0 aliphatic heterocycles. The first kappa shape index (κ1) is 28.7. The number of aliphatic hydroxyl groups is 1. The minimum Gasteiger partial charge on any atom is -0.368 e. The second kappa shape index (κ2) is 13.5. The molecule has 4 N–H and O–H groups in total. The smallest absolute Gasteiger partial charge is 0.368 e. The highest BCUT2D eigenvalue weighted by Gasteiger charge is 2.31. The summed E-state index contributed by atoms with van der Waals surface area (Å²) in [6, 6.07) is 8.35. The lowest BCUT2D eigenvalue weighted by Gasteiger charge is -2.19. The molecular weight excluding hydrogens is 469 g/mol. The Hall–Kier alpha value is -3.53. The van der Waals surface area contributed by atoms with E-state index in [9.17, 15) is 18.3 Å². The third-order valence-electron chi connectivity index (χ3n) is 5.26. The van der Waals surface area contributed by atoms with Crippen molar-refractivity contribution in [3.63, 3.8) is 0 Å². The summed E-state index contributed by atoms with van der Waals surface area (Å²) >= 11 is 0. The molecule has 196 valence electrons. The van der Waals surface area contributed by atoms with E-state index in [0.29, 0.717) is 35.1 Å². The van der Waals surface area contributed by atoms with Crippen molar-refractivity contribution in [1.82, 2.24) is 9.88 Å². The molecule has 1 atom stereocenters. The van der Waals surface area contributed by atoms with Crippen LogP contribution in [0.3, 0.4) is 0 Å². The van der Waals surface area contributed by atoms with Crippen molar-refractivity contribution in [1.29, 1.82) is 10.8 Å². The summed E-state index contributed by atoms with van der Waals surface area (Å²) in [6.07, 6.45) is 2.86. The Balaban J connectivity index is 0.00000223. The second-order valence-corrected chi connectivity index (χ2v) is 7.94. The molecule has 1 aromatic carbocycles. The van der Waals surface area contributed by atoms with E-state index in [1.165, 1.54) is 18.7 Å². The minimum atomic E-state index is -4.48. The Morgan fingerprint density at radius 1 is 1.31 bits per heavy atom. The number of nitrogens with one attached hydrogen (secondary N) is 3. The van der Waals surface area contributed by atoms with E-state index < -0.39 is 18.0 Å². The molecule has 1 aliphatic carbocycles. The predicted molar refractivity (Wildman–Crippen MR) is 140 cm³/mol. The average Bonchev–Trinajstić information content (AvgIpc) is 3.71. The topological polar surface area (TPSA) is 108 Å². The van der Waals surface area contributed by atoms with Gasteiger partial charge in [-0.25, -0.2) is 0 Å². The van der Waals surface area contributed by atoms with Gasteiger partial charge in [0.2, 0.25) is 0 Å². The van der Waals surface area contributed by atoms with Gasteiger partial charge in [0.05, 0.1) is 29.9 Å². The van der Waals surface area contributed by atoms with Gasteiger partial charge in [-0.1, -0.05) is 32.1 Å². The monoisotopic (exact) mass is 504 g/mol. The number of hydrogen-bond acceptors (Lipinski definition) is 6. The molecule has 1 fully saturated rings. The van der Waals surface area contributed by atoms with E-state index in [1.807, 2.05) is 18.7 Å². The fourth-order valence-corrected chi connectivity index (χ4v) is 3.35. The van der Waals surface area contributed by atoms with Gasteiger partial charge in [0.15, 0.2) is 6.23 Å². The van der Waals surface area contributed by atoms with Gasteiger partial charge in [0.25, 0.3) is 0 Å². The van der Waals surface area contributed by atoms with E-state index in [1.54, 1.807) is 37.3 Å². The number of hydrogen-bond donors (Lipinski definition) is 4. The number of halogens is 3. The quantitative estimate of drug-likeness (QED) is 0.177. The SMILES string of the molecule is CC.CC=N/C(=C\Cc1cncc(C(F)(F)F)c1)C(O)Nc1cccc(C(=N)CN(C=N)C2CC2)c1.[HH]. The summed E-state index contributed by atoms with van der Waals surface area (Å²) in [6.45, 7) is 6.00. The van der Waals surface area contributed by atoms with Gasteiger partial charge in [0.1, 0.15) is 0 Å². The molecule has 0 spiro atoms. The third-order valence-corrected chi connectivity index (χ3v) is 5.26. The predicted octanol–water partition coefficient (Wildman–Crippen LogP) is 5.76. The summed E-state index contributed by atoms with van der Waals surface area (Å²) < 4.78 is 38.8. The molecule has 0 amide bonds. The molecule has 7 nitrogen and oxygen atoms in total.